The highest BCUT2D eigenvalue weighted by Crippen LogP contribution is 2.20. The van der Waals surface area contributed by atoms with Crippen molar-refractivity contribution in [1.82, 2.24) is 15.5 Å². The van der Waals surface area contributed by atoms with E-state index in [1.165, 1.54) is 25.5 Å². The molecular weight excluding hydrogens is 329 g/mol. The lowest BCUT2D eigenvalue weighted by atomic mass is 9.98. The molecule has 2 aliphatic heterocycles. The minimum atomic E-state index is -0.174. The van der Waals surface area contributed by atoms with Gasteiger partial charge in [0.15, 0.2) is 5.96 Å². The molecule has 1 aromatic rings. The number of likely N-dealkylation sites (tertiary alicyclic amines) is 1. The van der Waals surface area contributed by atoms with E-state index in [0.29, 0.717) is 12.0 Å². The van der Waals surface area contributed by atoms with Crippen LogP contribution in [0.5, 0.6) is 0 Å². The Balaban J connectivity index is 1.50. The highest BCUT2D eigenvalue weighted by Gasteiger charge is 2.22. The molecule has 6 heteroatoms. The molecule has 2 aliphatic rings. The fourth-order valence-electron chi connectivity index (χ4n) is 4.07. The van der Waals surface area contributed by atoms with Crippen LogP contribution in [0.25, 0.3) is 0 Å². The summed E-state index contributed by atoms with van der Waals surface area (Å²) >= 11 is 0. The number of hydrogen-bond acceptors (Lipinski definition) is 3. The third-order valence-corrected chi connectivity index (χ3v) is 5.44. The van der Waals surface area contributed by atoms with Gasteiger partial charge in [0.2, 0.25) is 0 Å². The van der Waals surface area contributed by atoms with Gasteiger partial charge in [0, 0.05) is 45.0 Å². The Morgan fingerprint density at radius 1 is 1.23 bits per heavy atom. The molecule has 2 saturated heterocycles. The average molecular weight is 362 g/mol. The Labute approximate surface area is 156 Å². The maximum atomic E-state index is 13.5. The molecule has 1 aromatic carbocycles. The molecule has 0 bridgehead atoms. The SMILES string of the molecule is CN=C(NCC1CCCN(C)C1)NC1CCCN(c2cccc(F)c2)C1. The monoisotopic (exact) mass is 361 g/mol. The summed E-state index contributed by atoms with van der Waals surface area (Å²) in [5, 5.41) is 7.07. The Bertz CT molecular complexity index is 606. The van der Waals surface area contributed by atoms with Crippen molar-refractivity contribution in [3.8, 4) is 0 Å². The maximum Gasteiger partial charge on any atom is 0.191 e. The molecule has 2 atom stereocenters. The second-order valence-electron chi connectivity index (χ2n) is 7.63. The first-order valence-corrected chi connectivity index (χ1v) is 9.80. The summed E-state index contributed by atoms with van der Waals surface area (Å²) in [6, 6.07) is 7.21. The quantitative estimate of drug-likeness (QED) is 0.638. The van der Waals surface area contributed by atoms with E-state index in [9.17, 15) is 4.39 Å². The van der Waals surface area contributed by atoms with Crippen LogP contribution in [-0.4, -0.2) is 63.7 Å². The summed E-state index contributed by atoms with van der Waals surface area (Å²) in [6.45, 7) is 5.17. The zero-order chi connectivity index (χ0) is 18.4. The van der Waals surface area contributed by atoms with Crippen molar-refractivity contribution in [2.75, 3.05) is 51.7 Å². The van der Waals surface area contributed by atoms with Gasteiger partial charge in [-0.2, -0.15) is 0 Å². The molecule has 2 unspecified atom stereocenters. The minimum Gasteiger partial charge on any atom is -0.369 e. The van der Waals surface area contributed by atoms with Crippen LogP contribution in [-0.2, 0) is 0 Å². The molecule has 2 fully saturated rings. The standard InChI is InChI=1S/C20H32FN5/c1-22-20(23-13-16-6-4-10-25(2)14-16)24-18-8-5-11-26(15-18)19-9-3-7-17(21)12-19/h3,7,9,12,16,18H,4-6,8,10-11,13-15H2,1-2H3,(H2,22,23,24). The molecule has 0 spiro atoms. The summed E-state index contributed by atoms with van der Waals surface area (Å²) < 4.78 is 13.5. The number of aliphatic imine (C=N–C) groups is 1. The van der Waals surface area contributed by atoms with Gasteiger partial charge in [-0.3, -0.25) is 4.99 Å². The molecule has 0 aliphatic carbocycles. The fourth-order valence-corrected chi connectivity index (χ4v) is 4.07. The van der Waals surface area contributed by atoms with Crippen LogP contribution in [0.3, 0.4) is 0 Å². The van der Waals surface area contributed by atoms with Gasteiger partial charge >= 0.3 is 0 Å². The first kappa shape index (κ1) is 19.0. The van der Waals surface area contributed by atoms with Gasteiger partial charge in [-0.25, -0.2) is 4.39 Å². The summed E-state index contributed by atoms with van der Waals surface area (Å²) in [5.41, 5.74) is 0.963. The Morgan fingerprint density at radius 2 is 2.08 bits per heavy atom. The molecule has 5 nitrogen and oxygen atoms in total. The van der Waals surface area contributed by atoms with E-state index in [4.69, 9.17) is 0 Å². The van der Waals surface area contributed by atoms with E-state index in [2.05, 4.69) is 32.5 Å². The van der Waals surface area contributed by atoms with E-state index in [0.717, 1.165) is 50.7 Å². The summed E-state index contributed by atoms with van der Waals surface area (Å²) in [4.78, 5) is 9.06. The number of nitrogens with one attached hydrogen (secondary N) is 2. The summed E-state index contributed by atoms with van der Waals surface area (Å²) in [7, 11) is 4.03. The number of guanidine groups is 1. The topological polar surface area (TPSA) is 42.9 Å². The maximum absolute atomic E-state index is 13.5. The predicted octanol–water partition coefficient (Wildman–Crippen LogP) is 2.30. The van der Waals surface area contributed by atoms with Crippen molar-refractivity contribution in [2.24, 2.45) is 10.9 Å². The molecule has 0 saturated carbocycles. The van der Waals surface area contributed by atoms with Gasteiger partial charge in [-0.1, -0.05) is 6.07 Å². The van der Waals surface area contributed by atoms with Gasteiger partial charge in [-0.05, 0) is 63.4 Å². The van der Waals surface area contributed by atoms with Crippen molar-refractivity contribution in [1.29, 1.82) is 0 Å². The Kier molecular flexibility index (Phi) is 6.72. The van der Waals surface area contributed by atoms with E-state index in [-0.39, 0.29) is 5.82 Å². The second kappa shape index (κ2) is 9.21. The zero-order valence-electron chi connectivity index (χ0n) is 16.0. The van der Waals surface area contributed by atoms with Gasteiger partial charge in [-0.15, -0.1) is 0 Å². The molecule has 2 N–H and O–H groups in total. The first-order chi connectivity index (χ1) is 12.6. The molecular formula is C20H32FN5. The van der Waals surface area contributed by atoms with Crippen LogP contribution >= 0.6 is 0 Å². The summed E-state index contributed by atoms with van der Waals surface area (Å²) in [6.07, 6.45) is 4.77. The van der Waals surface area contributed by atoms with E-state index in [1.807, 2.05) is 13.1 Å². The minimum absolute atomic E-state index is 0.174. The smallest absolute Gasteiger partial charge is 0.191 e. The number of halogens is 1. The van der Waals surface area contributed by atoms with Crippen molar-refractivity contribution in [3.63, 3.8) is 0 Å². The molecule has 0 radical (unpaired) electrons. The third kappa shape index (κ3) is 5.34. The van der Waals surface area contributed by atoms with E-state index >= 15 is 0 Å². The normalized spacial score (nSPS) is 25.2. The van der Waals surface area contributed by atoms with Gasteiger partial charge in [0.25, 0.3) is 0 Å². The lowest BCUT2D eigenvalue weighted by Gasteiger charge is -2.36. The van der Waals surface area contributed by atoms with Crippen LogP contribution < -0.4 is 15.5 Å². The van der Waals surface area contributed by atoms with Crippen LogP contribution in [0.4, 0.5) is 10.1 Å². The lowest BCUT2D eigenvalue weighted by molar-refractivity contribution is 0.210. The van der Waals surface area contributed by atoms with Crippen LogP contribution in [0.1, 0.15) is 25.7 Å². The molecule has 3 rings (SSSR count). The number of anilines is 1. The number of benzene rings is 1. The average Bonchev–Trinajstić information content (AvgIpc) is 2.65. The third-order valence-electron chi connectivity index (χ3n) is 5.44. The highest BCUT2D eigenvalue weighted by atomic mass is 19.1. The molecule has 2 heterocycles. The summed E-state index contributed by atoms with van der Waals surface area (Å²) in [5.74, 6) is 1.39. The first-order valence-electron chi connectivity index (χ1n) is 9.80. The molecule has 26 heavy (non-hydrogen) atoms. The van der Waals surface area contributed by atoms with Crippen molar-refractivity contribution in [2.45, 2.75) is 31.7 Å². The van der Waals surface area contributed by atoms with Gasteiger partial charge in [0.05, 0.1) is 0 Å². The Morgan fingerprint density at radius 3 is 2.85 bits per heavy atom. The van der Waals surface area contributed by atoms with Gasteiger partial charge in [0.1, 0.15) is 5.82 Å². The fraction of sp³-hybridized carbons (Fsp3) is 0.650. The van der Waals surface area contributed by atoms with Gasteiger partial charge < -0.3 is 20.4 Å². The van der Waals surface area contributed by atoms with Crippen molar-refractivity contribution >= 4 is 11.6 Å². The second-order valence-corrected chi connectivity index (χ2v) is 7.63. The highest BCUT2D eigenvalue weighted by molar-refractivity contribution is 5.80. The van der Waals surface area contributed by atoms with Crippen molar-refractivity contribution < 1.29 is 4.39 Å². The number of piperidine rings is 2. The number of hydrogen-bond donors (Lipinski definition) is 2. The Hall–Kier alpha value is -1.82. The molecule has 0 aromatic heterocycles. The number of nitrogens with zero attached hydrogens (tertiary/aromatic N) is 3. The predicted molar refractivity (Wildman–Crippen MR) is 106 cm³/mol. The lowest BCUT2D eigenvalue weighted by Crippen LogP contribution is -2.52. The van der Waals surface area contributed by atoms with Crippen LogP contribution in [0, 0.1) is 11.7 Å². The molecule has 0 amide bonds. The zero-order valence-corrected chi connectivity index (χ0v) is 16.0. The largest absolute Gasteiger partial charge is 0.369 e. The molecule has 144 valence electrons. The van der Waals surface area contributed by atoms with Crippen LogP contribution in [0.2, 0.25) is 0 Å². The van der Waals surface area contributed by atoms with E-state index < -0.39 is 0 Å². The number of rotatable bonds is 4. The van der Waals surface area contributed by atoms with E-state index in [1.54, 1.807) is 12.1 Å². The van der Waals surface area contributed by atoms with Crippen molar-refractivity contribution in [3.05, 3.63) is 30.1 Å². The van der Waals surface area contributed by atoms with Crippen LogP contribution in [0.15, 0.2) is 29.3 Å².